The molecule has 2 aromatic carbocycles. The molecule has 7 nitrogen and oxygen atoms in total. The molecule has 0 unspecified atom stereocenters. The second-order valence-electron chi connectivity index (χ2n) is 6.13. The van der Waals surface area contributed by atoms with Crippen LogP contribution in [0.4, 0.5) is 5.69 Å². The SMILES string of the molecule is C#CCNC(=O)c1ccccc1NC(=O)Cn1cnc2c(C)cccc2c1=O. The summed E-state index contributed by atoms with van der Waals surface area (Å²) in [6, 6.07) is 11.9. The van der Waals surface area contributed by atoms with Gasteiger partial charge in [-0.25, -0.2) is 4.98 Å². The summed E-state index contributed by atoms with van der Waals surface area (Å²) in [4.78, 5) is 41.5. The monoisotopic (exact) mass is 374 g/mol. The molecule has 1 aromatic heterocycles. The normalized spacial score (nSPS) is 10.3. The molecule has 140 valence electrons. The van der Waals surface area contributed by atoms with E-state index in [9.17, 15) is 14.4 Å². The Morgan fingerprint density at radius 3 is 2.75 bits per heavy atom. The van der Waals surface area contributed by atoms with Crippen molar-refractivity contribution >= 4 is 28.4 Å². The predicted octanol–water partition coefficient (Wildman–Crippen LogP) is 1.71. The van der Waals surface area contributed by atoms with Crippen LogP contribution in [0.5, 0.6) is 0 Å². The van der Waals surface area contributed by atoms with E-state index in [-0.39, 0.29) is 24.2 Å². The van der Waals surface area contributed by atoms with E-state index in [1.807, 2.05) is 13.0 Å². The third kappa shape index (κ3) is 3.91. The molecule has 7 heteroatoms. The van der Waals surface area contributed by atoms with E-state index in [4.69, 9.17) is 6.42 Å². The Morgan fingerprint density at radius 2 is 1.96 bits per heavy atom. The molecular weight excluding hydrogens is 356 g/mol. The van der Waals surface area contributed by atoms with E-state index >= 15 is 0 Å². The zero-order valence-corrected chi connectivity index (χ0v) is 15.2. The Kier molecular flexibility index (Phi) is 5.51. The number of amides is 2. The summed E-state index contributed by atoms with van der Waals surface area (Å²) < 4.78 is 1.23. The molecule has 3 rings (SSSR count). The molecule has 0 spiro atoms. The number of hydrogen-bond acceptors (Lipinski definition) is 4. The Hall–Kier alpha value is -3.92. The second-order valence-corrected chi connectivity index (χ2v) is 6.13. The van der Waals surface area contributed by atoms with E-state index < -0.39 is 11.8 Å². The average Bonchev–Trinajstić information content (AvgIpc) is 2.69. The van der Waals surface area contributed by atoms with Gasteiger partial charge in [0.2, 0.25) is 5.91 Å². The molecule has 0 radical (unpaired) electrons. The number of anilines is 1. The van der Waals surface area contributed by atoms with Gasteiger partial charge in [-0.3, -0.25) is 19.0 Å². The summed E-state index contributed by atoms with van der Waals surface area (Å²) in [5.74, 6) is 1.48. The second kappa shape index (κ2) is 8.18. The first-order chi connectivity index (χ1) is 13.5. The number of benzene rings is 2. The van der Waals surface area contributed by atoms with Crippen molar-refractivity contribution in [2.45, 2.75) is 13.5 Å². The lowest BCUT2D eigenvalue weighted by atomic mass is 10.1. The quantitative estimate of drug-likeness (QED) is 0.665. The van der Waals surface area contributed by atoms with Gasteiger partial charge in [-0.15, -0.1) is 6.42 Å². The fourth-order valence-electron chi connectivity index (χ4n) is 2.81. The van der Waals surface area contributed by atoms with Gasteiger partial charge in [0.1, 0.15) is 6.54 Å². The minimum atomic E-state index is -0.451. The van der Waals surface area contributed by atoms with Gasteiger partial charge in [-0.05, 0) is 30.7 Å². The van der Waals surface area contributed by atoms with Gasteiger partial charge < -0.3 is 10.6 Å². The summed E-state index contributed by atoms with van der Waals surface area (Å²) in [6.07, 6.45) is 6.50. The summed E-state index contributed by atoms with van der Waals surface area (Å²) in [5, 5.41) is 5.67. The number of carbonyl (C=O) groups is 2. The van der Waals surface area contributed by atoms with Crippen molar-refractivity contribution < 1.29 is 9.59 Å². The van der Waals surface area contributed by atoms with Crippen molar-refractivity contribution in [3.8, 4) is 12.3 Å². The van der Waals surface area contributed by atoms with Crippen LogP contribution in [0.3, 0.4) is 0 Å². The fourth-order valence-corrected chi connectivity index (χ4v) is 2.81. The third-order valence-electron chi connectivity index (χ3n) is 4.17. The summed E-state index contributed by atoms with van der Waals surface area (Å²) in [7, 11) is 0. The predicted molar refractivity (Wildman–Crippen MR) is 107 cm³/mol. The van der Waals surface area contributed by atoms with Crippen LogP contribution in [0, 0.1) is 19.3 Å². The molecule has 0 bridgehead atoms. The van der Waals surface area contributed by atoms with Gasteiger partial charge >= 0.3 is 0 Å². The van der Waals surface area contributed by atoms with Gasteiger partial charge in [0.15, 0.2) is 0 Å². The highest BCUT2D eigenvalue weighted by molar-refractivity contribution is 6.03. The number of hydrogen-bond donors (Lipinski definition) is 2. The molecule has 0 aliphatic rings. The first-order valence-electron chi connectivity index (χ1n) is 8.56. The van der Waals surface area contributed by atoms with Gasteiger partial charge in [-0.1, -0.05) is 30.2 Å². The first kappa shape index (κ1) is 18.9. The maximum atomic E-state index is 12.6. The Morgan fingerprint density at radius 1 is 1.18 bits per heavy atom. The molecular formula is C21H18N4O3. The lowest BCUT2D eigenvalue weighted by molar-refractivity contribution is -0.116. The molecule has 0 aliphatic heterocycles. The number of nitrogens with zero attached hydrogens (tertiary/aromatic N) is 2. The van der Waals surface area contributed by atoms with Crippen molar-refractivity contribution in [3.05, 3.63) is 70.3 Å². The van der Waals surface area contributed by atoms with Gasteiger partial charge in [-0.2, -0.15) is 0 Å². The number of para-hydroxylation sites is 2. The van der Waals surface area contributed by atoms with Gasteiger partial charge in [0.05, 0.1) is 35.0 Å². The maximum Gasteiger partial charge on any atom is 0.261 e. The van der Waals surface area contributed by atoms with E-state index in [0.29, 0.717) is 16.6 Å². The summed E-state index contributed by atoms with van der Waals surface area (Å²) in [5.41, 5.74) is 1.81. The topological polar surface area (TPSA) is 93.1 Å². The molecule has 0 atom stereocenters. The molecule has 0 fully saturated rings. The highest BCUT2D eigenvalue weighted by Gasteiger charge is 2.14. The summed E-state index contributed by atoms with van der Waals surface area (Å²) in [6.45, 7) is 1.72. The number of nitrogens with one attached hydrogen (secondary N) is 2. The summed E-state index contributed by atoms with van der Waals surface area (Å²) >= 11 is 0. The third-order valence-corrected chi connectivity index (χ3v) is 4.17. The Balaban J connectivity index is 1.82. The van der Waals surface area contributed by atoms with Gasteiger partial charge in [0, 0.05) is 0 Å². The number of carbonyl (C=O) groups excluding carboxylic acids is 2. The van der Waals surface area contributed by atoms with Crippen LogP contribution in [-0.2, 0) is 11.3 Å². The lowest BCUT2D eigenvalue weighted by Crippen LogP contribution is -2.29. The maximum absolute atomic E-state index is 12.6. The van der Waals surface area contributed by atoms with E-state index in [0.717, 1.165) is 5.56 Å². The zero-order chi connectivity index (χ0) is 20.1. The Bertz CT molecular complexity index is 1160. The molecule has 1 heterocycles. The molecule has 2 N–H and O–H groups in total. The minimum Gasteiger partial charge on any atom is -0.341 e. The average molecular weight is 374 g/mol. The molecule has 3 aromatic rings. The fraction of sp³-hybridized carbons (Fsp3) is 0.143. The molecule has 0 saturated heterocycles. The molecule has 28 heavy (non-hydrogen) atoms. The van der Waals surface area contributed by atoms with Crippen molar-refractivity contribution in [1.82, 2.24) is 14.9 Å². The van der Waals surface area contributed by atoms with Crippen LogP contribution in [-0.4, -0.2) is 27.9 Å². The molecule has 0 saturated carbocycles. The lowest BCUT2D eigenvalue weighted by Gasteiger charge is -2.12. The number of terminal acetylenes is 1. The van der Waals surface area contributed by atoms with Crippen molar-refractivity contribution in [2.75, 3.05) is 11.9 Å². The molecule has 0 aliphatic carbocycles. The highest BCUT2D eigenvalue weighted by atomic mass is 16.2. The van der Waals surface area contributed by atoms with Crippen LogP contribution < -0.4 is 16.2 Å². The van der Waals surface area contributed by atoms with Crippen LogP contribution >= 0.6 is 0 Å². The van der Waals surface area contributed by atoms with Crippen molar-refractivity contribution in [3.63, 3.8) is 0 Å². The Labute approximate surface area is 161 Å². The van der Waals surface area contributed by atoms with Crippen LogP contribution in [0.15, 0.2) is 53.6 Å². The zero-order valence-electron chi connectivity index (χ0n) is 15.2. The van der Waals surface area contributed by atoms with Crippen molar-refractivity contribution in [1.29, 1.82) is 0 Å². The van der Waals surface area contributed by atoms with Crippen molar-refractivity contribution in [2.24, 2.45) is 0 Å². The van der Waals surface area contributed by atoms with E-state index in [1.54, 1.807) is 36.4 Å². The van der Waals surface area contributed by atoms with E-state index in [2.05, 4.69) is 21.5 Å². The smallest absolute Gasteiger partial charge is 0.261 e. The highest BCUT2D eigenvalue weighted by Crippen LogP contribution is 2.15. The largest absolute Gasteiger partial charge is 0.341 e. The number of aryl methyl sites for hydroxylation is 1. The minimum absolute atomic E-state index is 0.0820. The van der Waals surface area contributed by atoms with E-state index in [1.165, 1.54) is 10.9 Å². The number of aromatic nitrogens is 2. The number of fused-ring (bicyclic) bond motifs is 1. The first-order valence-corrected chi connectivity index (χ1v) is 8.56. The van der Waals surface area contributed by atoms with Crippen LogP contribution in [0.25, 0.3) is 10.9 Å². The van der Waals surface area contributed by atoms with Crippen LogP contribution in [0.2, 0.25) is 0 Å². The molecule has 2 amide bonds. The van der Waals surface area contributed by atoms with Gasteiger partial charge in [0.25, 0.3) is 11.5 Å². The van der Waals surface area contributed by atoms with Crippen LogP contribution in [0.1, 0.15) is 15.9 Å². The standard InChI is InChI=1S/C21H18N4O3/c1-3-11-22-20(27)15-8-4-5-10-17(15)24-18(26)12-25-13-23-19-14(2)7-6-9-16(19)21(25)28/h1,4-10,13H,11-12H2,2H3,(H,22,27)(H,24,26). The number of rotatable bonds is 5.